The van der Waals surface area contributed by atoms with Crippen LogP contribution in [0.5, 0.6) is 5.75 Å². The number of halogens is 3. The lowest BCUT2D eigenvalue weighted by Gasteiger charge is -2.10. The van der Waals surface area contributed by atoms with E-state index in [1.54, 1.807) is 4.68 Å². The molecule has 0 saturated carbocycles. The van der Waals surface area contributed by atoms with E-state index in [0.29, 0.717) is 12.2 Å². The van der Waals surface area contributed by atoms with Gasteiger partial charge in [-0.3, -0.25) is 4.68 Å². The molecule has 0 atom stereocenters. The Morgan fingerprint density at radius 2 is 1.82 bits per heavy atom. The SMILES string of the molecule is Cn1cc(CN=C(N)Nc2ccc(OC(F)(F)F)cc2)c(-c2ccccc2)n1. The number of aliphatic imine (C=N–C) groups is 1. The Balaban J connectivity index is 1.67. The largest absolute Gasteiger partial charge is 0.573 e. The van der Waals surface area contributed by atoms with Crippen molar-refractivity contribution in [3.05, 3.63) is 66.4 Å². The fourth-order valence-electron chi connectivity index (χ4n) is 2.59. The zero-order valence-electron chi connectivity index (χ0n) is 14.9. The highest BCUT2D eigenvalue weighted by Crippen LogP contribution is 2.24. The van der Waals surface area contributed by atoms with Gasteiger partial charge in [-0.2, -0.15) is 5.10 Å². The van der Waals surface area contributed by atoms with Crippen molar-refractivity contribution < 1.29 is 17.9 Å². The number of hydrogen-bond donors (Lipinski definition) is 2. The highest BCUT2D eigenvalue weighted by atomic mass is 19.4. The van der Waals surface area contributed by atoms with Crippen LogP contribution in [0.3, 0.4) is 0 Å². The van der Waals surface area contributed by atoms with Crippen LogP contribution in [0.2, 0.25) is 0 Å². The summed E-state index contributed by atoms with van der Waals surface area (Å²) in [5, 5.41) is 7.29. The van der Waals surface area contributed by atoms with Crippen LogP contribution in [-0.4, -0.2) is 22.1 Å². The number of rotatable bonds is 5. The summed E-state index contributed by atoms with van der Waals surface area (Å²) in [7, 11) is 1.83. The van der Waals surface area contributed by atoms with Crippen LogP contribution in [-0.2, 0) is 13.6 Å². The summed E-state index contributed by atoms with van der Waals surface area (Å²) in [5.41, 5.74) is 9.06. The molecule has 1 aromatic heterocycles. The second kappa shape index (κ2) is 8.03. The highest BCUT2D eigenvalue weighted by molar-refractivity contribution is 5.92. The second-order valence-corrected chi connectivity index (χ2v) is 5.94. The normalized spacial score (nSPS) is 12.1. The number of anilines is 1. The molecule has 146 valence electrons. The molecule has 0 aliphatic carbocycles. The molecule has 0 amide bonds. The molecule has 3 aromatic rings. The molecule has 1 heterocycles. The van der Waals surface area contributed by atoms with E-state index in [9.17, 15) is 13.2 Å². The molecule has 2 aromatic carbocycles. The first kappa shape index (κ1) is 19.3. The average Bonchev–Trinajstić information content (AvgIpc) is 3.02. The maximum Gasteiger partial charge on any atom is 0.573 e. The van der Waals surface area contributed by atoms with Crippen molar-refractivity contribution >= 4 is 11.6 Å². The Morgan fingerprint density at radius 3 is 2.46 bits per heavy atom. The van der Waals surface area contributed by atoms with E-state index in [4.69, 9.17) is 5.73 Å². The zero-order valence-corrected chi connectivity index (χ0v) is 14.9. The van der Waals surface area contributed by atoms with Crippen LogP contribution in [0.25, 0.3) is 11.3 Å². The summed E-state index contributed by atoms with van der Waals surface area (Å²) < 4.78 is 42.1. The number of benzene rings is 2. The number of nitrogens with zero attached hydrogens (tertiary/aromatic N) is 3. The predicted octanol–water partition coefficient (Wildman–Crippen LogP) is 3.91. The Bertz CT molecular complexity index is 950. The minimum atomic E-state index is -4.73. The van der Waals surface area contributed by atoms with Crippen LogP contribution in [0.1, 0.15) is 5.56 Å². The van der Waals surface area contributed by atoms with Gasteiger partial charge in [0.1, 0.15) is 5.75 Å². The minimum absolute atomic E-state index is 0.132. The molecular weight excluding hydrogens is 371 g/mol. The van der Waals surface area contributed by atoms with Gasteiger partial charge in [-0.25, -0.2) is 4.99 Å². The van der Waals surface area contributed by atoms with E-state index in [-0.39, 0.29) is 11.7 Å². The second-order valence-electron chi connectivity index (χ2n) is 5.94. The van der Waals surface area contributed by atoms with E-state index in [0.717, 1.165) is 16.8 Å². The highest BCUT2D eigenvalue weighted by Gasteiger charge is 2.30. The monoisotopic (exact) mass is 389 g/mol. The molecule has 6 nitrogen and oxygen atoms in total. The topological polar surface area (TPSA) is 77.5 Å². The maximum atomic E-state index is 12.2. The molecule has 0 unspecified atom stereocenters. The predicted molar refractivity (Wildman–Crippen MR) is 101 cm³/mol. The first-order valence-electron chi connectivity index (χ1n) is 8.31. The Hall–Kier alpha value is -3.49. The first-order valence-corrected chi connectivity index (χ1v) is 8.31. The fourth-order valence-corrected chi connectivity index (χ4v) is 2.59. The number of guanidine groups is 1. The summed E-state index contributed by atoms with van der Waals surface area (Å²) >= 11 is 0. The standard InChI is InChI=1S/C19H18F3N5O/c1-27-12-14(17(26-27)13-5-3-2-4-6-13)11-24-18(23)25-15-7-9-16(10-8-15)28-19(20,21)22/h2-10,12H,11H2,1H3,(H3,23,24,25). The number of nitrogens with one attached hydrogen (secondary N) is 1. The van der Waals surface area contributed by atoms with Gasteiger partial charge in [0.15, 0.2) is 5.96 Å². The number of nitrogens with two attached hydrogens (primary N) is 1. The third-order valence-corrected chi connectivity index (χ3v) is 3.73. The van der Waals surface area contributed by atoms with Gasteiger partial charge in [0, 0.05) is 30.1 Å². The molecular formula is C19H18F3N5O. The molecule has 0 spiro atoms. The maximum absolute atomic E-state index is 12.2. The summed E-state index contributed by atoms with van der Waals surface area (Å²) in [6, 6.07) is 14.9. The van der Waals surface area contributed by atoms with E-state index in [2.05, 4.69) is 20.1 Å². The van der Waals surface area contributed by atoms with Crippen molar-refractivity contribution in [3.8, 4) is 17.0 Å². The van der Waals surface area contributed by atoms with Crippen molar-refractivity contribution in [1.82, 2.24) is 9.78 Å². The lowest BCUT2D eigenvalue weighted by Crippen LogP contribution is -2.22. The van der Waals surface area contributed by atoms with Gasteiger partial charge >= 0.3 is 6.36 Å². The zero-order chi connectivity index (χ0) is 20.1. The lowest BCUT2D eigenvalue weighted by molar-refractivity contribution is -0.274. The number of ether oxygens (including phenoxy) is 1. The minimum Gasteiger partial charge on any atom is -0.406 e. The van der Waals surface area contributed by atoms with Crippen LogP contribution < -0.4 is 15.8 Å². The van der Waals surface area contributed by atoms with Crippen molar-refractivity contribution in [1.29, 1.82) is 0 Å². The van der Waals surface area contributed by atoms with Crippen LogP contribution >= 0.6 is 0 Å². The van der Waals surface area contributed by atoms with E-state index >= 15 is 0 Å². The third kappa shape index (κ3) is 5.26. The summed E-state index contributed by atoms with van der Waals surface area (Å²) in [5.74, 6) is -0.177. The van der Waals surface area contributed by atoms with Gasteiger partial charge in [0.25, 0.3) is 0 Å². The van der Waals surface area contributed by atoms with Gasteiger partial charge in [0.2, 0.25) is 0 Å². The molecule has 3 rings (SSSR count). The number of alkyl halides is 3. The van der Waals surface area contributed by atoms with E-state index < -0.39 is 6.36 Å². The van der Waals surface area contributed by atoms with Crippen molar-refractivity contribution in [2.45, 2.75) is 12.9 Å². The number of aryl methyl sites for hydroxylation is 1. The molecule has 0 bridgehead atoms. The van der Waals surface area contributed by atoms with Crippen molar-refractivity contribution in [2.24, 2.45) is 17.8 Å². The smallest absolute Gasteiger partial charge is 0.406 e. The van der Waals surface area contributed by atoms with Crippen molar-refractivity contribution in [3.63, 3.8) is 0 Å². The molecule has 0 fully saturated rings. The molecule has 0 aliphatic heterocycles. The summed E-state index contributed by atoms with van der Waals surface area (Å²) in [4.78, 5) is 4.29. The molecule has 0 aliphatic rings. The fraction of sp³-hybridized carbons (Fsp3) is 0.158. The summed E-state index contributed by atoms with van der Waals surface area (Å²) in [6.45, 7) is 0.298. The Morgan fingerprint density at radius 1 is 1.14 bits per heavy atom. The molecule has 28 heavy (non-hydrogen) atoms. The molecule has 9 heteroatoms. The quantitative estimate of drug-likeness (QED) is 0.512. The molecule has 3 N–H and O–H groups in total. The van der Waals surface area contributed by atoms with Crippen LogP contribution in [0.4, 0.5) is 18.9 Å². The van der Waals surface area contributed by atoms with E-state index in [1.807, 2.05) is 43.6 Å². The van der Waals surface area contributed by atoms with Gasteiger partial charge in [-0.1, -0.05) is 30.3 Å². The van der Waals surface area contributed by atoms with Gasteiger partial charge < -0.3 is 15.8 Å². The van der Waals surface area contributed by atoms with Crippen LogP contribution in [0, 0.1) is 0 Å². The Kier molecular flexibility index (Phi) is 5.53. The molecule has 0 saturated heterocycles. The van der Waals surface area contributed by atoms with Gasteiger partial charge in [-0.15, -0.1) is 13.2 Å². The van der Waals surface area contributed by atoms with Crippen LogP contribution in [0.15, 0.2) is 65.8 Å². The number of hydrogen-bond acceptors (Lipinski definition) is 3. The Labute approximate surface area is 159 Å². The first-order chi connectivity index (χ1) is 13.3. The average molecular weight is 389 g/mol. The van der Waals surface area contributed by atoms with E-state index in [1.165, 1.54) is 24.3 Å². The number of aromatic nitrogens is 2. The van der Waals surface area contributed by atoms with Gasteiger partial charge in [0.05, 0.1) is 12.2 Å². The van der Waals surface area contributed by atoms with Crippen molar-refractivity contribution in [2.75, 3.05) is 5.32 Å². The third-order valence-electron chi connectivity index (χ3n) is 3.73. The lowest BCUT2D eigenvalue weighted by atomic mass is 10.1. The molecule has 0 radical (unpaired) electrons. The summed E-state index contributed by atoms with van der Waals surface area (Å²) in [6.07, 6.45) is -2.86. The van der Waals surface area contributed by atoms with Gasteiger partial charge in [-0.05, 0) is 24.3 Å².